The number of ether oxygens (including phenoxy) is 1. The minimum Gasteiger partial charge on any atom is -0.493 e. The number of carbonyl (C=O) groups excluding carboxylic acids is 1. The molecule has 0 radical (unpaired) electrons. The van der Waals surface area contributed by atoms with Gasteiger partial charge in [0.1, 0.15) is 11.6 Å². The second-order valence-electron chi connectivity index (χ2n) is 4.20. The lowest BCUT2D eigenvalue weighted by Crippen LogP contribution is -2.04. The lowest BCUT2D eigenvalue weighted by atomic mass is 10.1. The van der Waals surface area contributed by atoms with Crippen LogP contribution in [0.3, 0.4) is 0 Å². The Morgan fingerprint density at radius 2 is 2.32 bits per heavy atom. The fourth-order valence-corrected chi connectivity index (χ4v) is 1.73. The van der Waals surface area contributed by atoms with Crippen LogP contribution in [0.5, 0.6) is 5.75 Å². The maximum atomic E-state index is 13.5. The van der Waals surface area contributed by atoms with Crippen molar-refractivity contribution in [3.05, 3.63) is 48.3 Å². The predicted octanol–water partition coefficient (Wildman–Crippen LogP) is 2.69. The molecule has 0 aliphatic heterocycles. The van der Waals surface area contributed by atoms with Gasteiger partial charge in [-0.15, -0.1) is 0 Å². The highest BCUT2D eigenvalue weighted by Crippen LogP contribution is 2.17. The number of hydrogen-bond acceptors (Lipinski definition) is 3. The second-order valence-corrected chi connectivity index (χ2v) is 4.20. The SMILES string of the molecule is CC(=O)c1ccc(OCCCn2ccnc2)cc1F. The summed E-state index contributed by atoms with van der Waals surface area (Å²) in [7, 11) is 0. The van der Waals surface area contributed by atoms with Crippen molar-refractivity contribution in [3.8, 4) is 5.75 Å². The average Bonchev–Trinajstić information content (AvgIpc) is 2.87. The summed E-state index contributed by atoms with van der Waals surface area (Å²) in [6.07, 6.45) is 6.13. The molecule has 0 bridgehead atoms. The largest absolute Gasteiger partial charge is 0.493 e. The van der Waals surface area contributed by atoms with E-state index >= 15 is 0 Å². The summed E-state index contributed by atoms with van der Waals surface area (Å²) in [5.74, 6) is -0.392. The molecule has 0 spiro atoms. The molecule has 19 heavy (non-hydrogen) atoms. The first-order valence-electron chi connectivity index (χ1n) is 6.06. The van der Waals surface area contributed by atoms with Crippen LogP contribution in [-0.2, 0) is 6.54 Å². The van der Waals surface area contributed by atoms with Gasteiger partial charge in [0.2, 0.25) is 0 Å². The van der Waals surface area contributed by atoms with E-state index in [1.807, 2.05) is 10.8 Å². The zero-order valence-corrected chi connectivity index (χ0v) is 10.7. The number of benzene rings is 1. The molecule has 1 aromatic heterocycles. The van der Waals surface area contributed by atoms with Crippen LogP contribution in [0, 0.1) is 5.82 Å². The van der Waals surface area contributed by atoms with Crippen molar-refractivity contribution in [1.29, 1.82) is 0 Å². The minimum absolute atomic E-state index is 0.0887. The van der Waals surface area contributed by atoms with E-state index in [-0.39, 0.29) is 11.3 Å². The van der Waals surface area contributed by atoms with Crippen molar-refractivity contribution < 1.29 is 13.9 Å². The molecule has 2 rings (SSSR count). The summed E-state index contributed by atoms with van der Waals surface area (Å²) in [6, 6.07) is 4.30. The van der Waals surface area contributed by atoms with Crippen molar-refractivity contribution in [3.63, 3.8) is 0 Å². The van der Waals surface area contributed by atoms with Gasteiger partial charge in [0, 0.05) is 25.0 Å². The quantitative estimate of drug-likeness (QED) is 0.594. The molecule has 0 N–H and O–H groups in total. The van der Waals surface area contributed by atoms with Crippen molar-refractivity contribution in [2.75, 3.05) is 6.61 Å². The smallest absolute Gasteiger partial charge is 0.162 e. The van der Waals surface area contributed by atoms with Crippen molar-refractivity contribution in [2.45, 2.75) is 19.9 Å². The molecule has 0 fully saturated rings. The summed E-state index contributed by atoms with van der Waals surface area (Å²) >= 11 is 0. The average molecular weight is 262 g/mol. The topological polar surface area (TPSA) is 44.1 Å². The van der Waals surface area contributed by atoms with Crippen LogP contribution in [0.1, 0.15) is 23.7 Å². The third-order valence-electron chi connectivity index (χ3n) is 2.71. The Labute approximate surface area is 110 Å². The van der Waals surface area contributed by atoms with Crippen molar-refractivity contribution in [2.24, 2.45) is 0 Å². The Balaban J connectivity index is 1.83. The van der Waals surface area contributed by atoms with Gasteiger partial charge in [-0.3, -0.25) is 4.79 Å². The van der Waals surface area contributed by atoms with Gasteiger partial charge in [-0.05, 0) is 25.5 Å². The van der Waals surface area contributed by atoms with E-state index in [4.69, 9.17) is 4.74 Å². The number of imidazole rings is 1. The van der Waals surface area contributed by atoms with Gasteiger partial charge in [-0.25, -0.2) is 9.37 Å². The zero-order valence-electron chi connectivity index (χ0n) is 10.7. The molecule has 1 heterocycles. The first-order valence-corrected chi connectivity index (χ1v) is 6.06. The van der Waals surface area contributed by atoms with Crippen LogP contribution in [-0.4, -0.2) is 21.9 Å². The molecule has 0 aliphatic carbocycles. The number of carbonyl (C=O) groups is 1. The third kappa shape index (κ3) is 3.64. The number of rotatable bonds is 6. The van der Waals surface area contributed by atoms with Gasteiger partial charge in [-0.1, -0.05) is 0 Å². The maximum Gasteiger partial charge on any atom is 0.162 e. The summed E-state index contributed by atoms with van der Waals surface area (Å²) < 4.78 is 20.9. The third-order valence-corrected chi connectivity index (χ3v) is 2.71. The van der Waals surface area contributed by atoms with Crippen LogP contribution in [0.15, 0.2) is 36.9 Å². The van der Waals surface area contributed by atoms with E-state index in [0.717, 1.165) is 13.0 Å². The van der Waals surface area contributed by atoms with Gasteiger partial charge in [-0.2, -0.15) is 0 Å². The fourth-order valence-electron chi connectivity index (χ4n) is 1.73. The number of halogens is 1. The van der Waals surface area contributed by atoms with Crippen molar-refractivity contribution in [1.82, 2.24) is 9.55 Å². The van der Waals surface area contributed by atoms with Crippen LogP contribution in [0.25, 0.3) is 0 Å². The number of nitrogens with zero attached hydrogens (tertiary/aromatic N) is 2. The lowest BCUT2D eigenvalue weighted by molar-refractivity contribution is 0.101. The number of hydrogen-bond donors (Lipinski definition) is 0. The van der Waals surface area contributed by atoms with Crippen LogP contribution in [0.2, 0.25) is 0 Å². The maximum absolute atomic E-state index is 13.5. The van der Waals surface area contributed by atoms with E-state index in [2.05, 4.69) is 4.98 Å². The van der Waals surface area contributed by atoms with Gasteiger partial charge in [0.25, 0.3) is 0 Å². The molecule has 0 saturated carbocycles. The van der Waals surface area contributed by atoms with E-state index in [1.54, 1.807) is 18.6 Å². The molecule has 0 amide bonds. The zero-order chi connectivity index (χ0) is 13.7. The number of aromatic nitrogens is 2. The van der Waals surface area contributed by atoms with Crippen LogP contribution >= 0.6 is 0 Å². The van der Waals surface area contributed by atoms with Gasteiger partial charge in [0.05, 0.1) is 18.5 Å². The minimum atomic E-state index is -0.542. The van der Waals surface area contributed by atoms with Crippen LogP contribution in [0.4, 0.5) is 4.39 Å². The Bertz CT molecular complexity index is 553. The van der Waals surface area contributed by atoms with Gasteiger partial charge >= 0.3 is 0 Å². The molecular weight excluding hydrogens is 247 g/mol. The van der Waals surface area contributed by atoms with E-state index in [9.17, 15) is 9.18 Å². The first kappa shape index (κ1) is 13.3. The highest BCUT2D eigenvalue weighted by atomic mass is 19.1. The first-order chi connectivity index (χ1) is 9.16. The normalized spacial score (nSPS) is 10.4. The molecule has 2 aromatic rings. The molecule has 0 saturated heterocycles. The molecule has 0 aliphatic rings. The summed E-state index contributed by atoms with van der Waals surface area (Å²) in [6.45, 7) is 2.62. The molecule has 1 aromatic carbocycles. The Morgan fingerprint density at radius 3 is 2.95 bits per heavy atom. The Morgan fingerprint density at radius 1 is 1.47 bits per heavy atom. The molecule has 5 heteroatoms. The van der Waals surface area contributed by atoms with Crippen LogP contribution < -0.4 is 4.74 Å². The molecule has 0 unspecified atom stereocenters. The summed E-state index contributed by atoms with van der Waals surface area (Å²) in [4.78, 5) is 15.0. The van der Waals surface area contributed by atoms with Crippen molar-refractivity contribution >= 4 is 5.78 Å². The Hall–Kier alpha value is -2.17. The predicted molar refractivity (Wildman–Crippen MR) is 68.7 cm³/mol. The highest BCUT2D eigenvalue weighted by Gasteiger charge is 2.08. The standard InChI is InChI=1S/C14H15FN2O2/c1-11(18)13-4-3-12(9-14(13)15)19-8-2-6-17-7-5-16-10-17/h3-5,7,9-10H,2,6,8H2,1H3. The molecule has 100 valence electrons. The Kier molecular flexibility index (Phi) is 4.28. The monoisotopic (exact) mass is 262 g/mol. The number of aryl methyl sites for hydroxylation is 1. The molecule has 4 nitrogen and oxygen atoms in total. The number of Topliss-reactive ketones (excluding diaryl/α,β-unsaturated/α-hetero) is 1. The van der Waals surface area contributed by atoms with E-state index in [0.29, 0.717) is 12.4 Å². The summed E-state index contributed by atoms with van der Waals surface area (Å²) in [5, 5.41) is 0. The second kappa shape index (κ2) is 6.13. The van der Waals surface area contributed by atoms with E-state index < -0.39 is 5.82 Å². The summed E-state index contributed by atoms with van der Waals surface area (Å²) in [5.41, 5.74) is 0.0887. The highest BCUT2D eigenvalue weighted by molar-refractivity contribution is 5.94. The van der Waals surface area contributed by atoms with Gasteiger partial charge < -0.3 is 9.30 Å². The molecule has 0 atom stereocenters. The number of ketones is 1. The lowest BCUT2D eigenvalue weighted by Gasteiger charge is -2.07. The molecular formula is C14H15FN2O2. The van der Waals surface area contributed by atoms with E-state index in [1.165, 1.54) is 19.1 Å². The fraction of sp³-hybridized carbons (Fsp3) is 0.286. The van der Waals surface area contributed by atoms with Gasteiger partial charge in [0.15, 0.2) is 5.78 Å².